The fourth-order valence-electron chi connectivity index (χ4n) is 2.94. The van der Waals surface area contributed by atoms with E-state index in [0.29, 0.717) is 25.6 Å². The third kappa shape index (κ3) is 3.88. The molecule has 0 fully saturated rings. The maximum atomic E-state index is 14.2. The number of anilines is 1. The van der Waals surface area contributed by atoms with Crippen LogP contribution in [-0.2, 0) is 23.9 Å². The predicted molar refractivity (Wildman–Crippen MR) is 95.0 cm³/mol. The lowest BCUT2D eigenvalue weighted by atomic mass is 10.0. The first-order chi connectivity index (χ1) is 13.2. The van der Waals surface area contributed by atoms with Crippen molar-refractivity contribution in [1.29, 1.82) is 0 Å². The minimum Gasteiger partial charge on any atom is -0.462 e. The Hall–Kier alpha value is -2.46. The number of thiophene rings is 1. The number of halogens is 4. The summed E-state index contributed by atoms with van der Waals surface area (Å²) in [6, 6.07) is 2.47. The Bertz CT molecular complexity index is 924. The molecule has 0 aliphatic carbocycles. The Kier molecular flexibility index (Phi) is 5.71. The molecule has 0 atom stereocenters. The molecule has 0 saturated heterocycles. The molecule has 28 heavy (non-hydrogen) atoms. The van der Waals surface area contributed by atoms with Gasteiger partial charge >= 0.3 is 12.1 Å². The second kappa shape index (κ2) is 7.88. The molecule has 0 unspecified atom stereocenters. The van der Waals surface area contributed by atoms with E-state index in [-0.39, 0.29) is 17.2 Å². The molecule has 2 heterocycles. The van der Waals surface area contributed by atoms with Crippen LogP contribution in [0.2, 0.25) is 0 Å². The predicted octanol–water partition coefficient (Wildman–Crippen LogP) is 3.98. The van der Waals surface area contributed by atoms with Gasteiger partial charge in [0, 0.05) is 11.4 Å². The summed E-state index contributed by atoms with van der Waals surface area (Å²) in [5, 5.41) is 5.65. The number of esters is 1. The monoisotopic (exact) mass is 416 g/mol. The lowest BCUT2D eigenvalue weighted by Crippen LogP contribution is -2.24. The van der Waals surface area contributed by atoms with E-state index in [1.54, 1.807) is 6.92 Å². The van der Waals surface area contributed by atoms with Gasteiger partial charge in [-0.15, -0.1) is 11.3 Å². The number of amides is 1. The normalized spacial score (nSPS) is 13.8. The molecule has 2 N–H and O–H groups in total. The van der Waals surface area contributed by atoms with Crippen molar-refractivity contribution in [1.82, 2.24) is 5.32 Å². The molecule has 3 rings (SSSR count). The quantitative estimate of drug-likeness (QED) is 0.585. The molecular weight excluding hydrogens is 400 g/mol. The largest absolute Gasteiger partial charge is 0.462 e. The van der Waals surface area contributed by atoms with Crippen LogP contribution in [0, 0.1) is 5.82 Å². The third-order valence-corrected chi connectivity index (χ3v) is 5.33. The maximum Gasteiger partial charge on any atom is 0.419 e. The number of ether oxygens (including phenoxy) is 1. The zero-order chi connectivity index (χ0) is 20.5. The third-order valence-electron chi connectivity index (χ3n) is 4.18. The summed E-state index contributed by atoms with van der Waals surface area (Å²) in [7, 11) is 0. The highest BCUT2D eigenvalue weighted by Gasteiger charge is 2.36. The standard InChI is InChI=1S/C18H16F4N2O3S/c1-2-27-17(26)13-9-6-7-23-8-12(9)28-16(13)24-15(25)10-4-3-5-11(14(10)19)18(20,21)22/h3-5,23H,2,6-8H2,1H3,(H,24,25). The second-order valence-corrected chi connectivity index (χ2v) is 7.08. The average Bonchev–Trinajstić information content (AvgIpc) is 2.98. The number of rotatable bonds is 4. The first-order valence-electron chi connectivity index (χ1n) is 8.43. The van der Waals surface area contributed by atoms with Gasteiger partial charge in [0.2, 0.25) is 0 Å². The molecule has 150 valence electrons. The van der Waals surface area contributed by atoms with Crippen LogP contribution in [0.1, 0.15) is 43.6 Å². The number of hydrogen-bond donors (Lipinski definition) is 2. The summed E-state index contributed by atoms with van der Waals surface area (Å²) in [5.74, 6) is -3.37. The van der Waals surface area contributed by atoms with Crippen molar-refractivity contribution in [2.24, 2.45) is 0 Å². The zero-order valence-corrected chi connectivity index (χ0v) is 15.5. The van der Waals surface area contributed by atoms with Gasteiger partial charge in [-0.05, 0) is 37.6 Å². The Morgan fingerprint density at radius 2 is 2.07 bits per heavy atom. The number of fused-ring (bicyclic) bond motifs is 1. The van der Waals surface area contributed by atoms with Gasteiger partial charge in [-0.25, -0.2) is 9.18 Å². The molecule has 1 aliphatic rings. The van der Waals surface area contributed by atoms with E-state index >= 15 is 0 Å². The van der Waals surface area contributed by atoms with Crippen LogP contribution < -0.4 is 10.6 Å². The lowest BCUT2D eigenvalue weighted by molar-refractivity contribution is -0.140. The van der Waals surface area contributed by atoms with E-state index in [0.717, 1.165) is 33.9 Å². The molecule has 1 aromatic heterocycles. The fraction of sp³-hybridized carbons (Fsp3) is 0.333. The lowest BCUT2D eigenvalue weighted by Gasteiger charge is -2.14. The van der Waals surface area contributed by atoms with Crippen LogP contribution in [-0.4, -0.2) is 25.0 Å². The van der Waals surface area contributed by atoms with Crippen molar-refractivity contribution in [2.75, 3.05) is 18.5 Å². The summed E-state index contributed by atoms with van der Waals surface area (Å²) in [6.07, 6.45) is -4.39. The maximum absolute atomic E-state index is 14.2. The molecular formula is C18H16F4N2O3S. The highest BCUT2D eigenvalue weighted by molar-refractivity contribution is 7.17. The molecule has 0 saturated carbocycles. The van der Waals surface area contributed by atoms with E-state index in [9.17, 15) is 27.2 Å². The molecule has 2 aromatic rings. The number of hydrogen-bond acceptors (Lipinski definition) is 5. The number of carbonyl (C=O) groups is 2. The molecule has 0 bridgehead atoms. The van der Waals surface area contributed by atoms with E-state index in [1.165, 1.54) is 0 Å². The van der Waals surface area contributed by atoms with Crippen molar-refractivity contribution in [3.05, 3.63) is 51.1 Å². The van der Waals surface area contributed by atoms with Crippen LogP contribution in [0.5, 0.6) is 0 Å². The van der Waals surface area contributed by atoms with Crippen molar-refractivity contribution in [3.8, 4) is 0 Å². The van der Waals surface area contributed by atoms with Crippen molar-refractivity contribution >= 4 is 28.2 Å². The minimum atomic E-state index is -4.93. The van der Waals surface area contributed by atoms with Crippen molar-refractivity contribution in [2.45, 2.75) is 26.1 Å². The molecule has 5 nitrogen and oxygen atoms in total. The van der Waals surface area contributed by atoms with Crippen LogP contribution in [0.15, 0.2) is 18.2 Å². The molecule has 10 heteroatoms. The van der Waals surface area contributed by atoms with Crippen LogP contribution in [0.3, 0.4) is 0 Å². The minimum absolute atomic E-state index is 0.122. The molecule has 0 spiro atoms. The molecule has 0 radical (unpaired) electrons. The van der Waals surface area contributed by atoms with Crippen LogP contribution >= 0.6 is 11.3 Å². The van der Waals surface area contributed by atoms with Gasteiger partial charge in [-0.3, -0.25) is 4.79 Å². The first-order valence-corrected chi connectivity index (χ1v) is 9.25. The second-order valence-electron chi connectivity index (χ2n) is 5.97. The van der Waals surface area contributed by atoms with Gasteiger partial charge in [-0.2, -0.15) is 13.2 Å². The van der Waals surface area contributed by atoms with Gasteiger partial charge in [0.25, 0.3) is 5.91 Å². The fourth-order valence-corrected chi connectivity index (χ4v) is 4.14. The van der Waals surface area contributed by atoms with Crippen molar-refractivity contribution in [3.63, 3.8) is 0 Å². The van der Waals surface area contributed by atoms with Crippen LogP contribution in [0.4, 0.5) is 22.6 Å². The Balaban J connectivity index is 1.97. The number of carbonyl (C=O) groups excluding carboxylic acids is 2. The van der Waals surface area contributed by atoms with E-state index < -0.39 is 35.0 Å². The van der Waals surface area contributed by atoms with Gasteiger partial charge in [0.1, 0.15) is 10.8 Å². The first kappa shape index (κ1) is 20.3. The molecule has 1 amide bonds. The van der Waals surface area contributed by atoms with E-state index in [4.69, 9.17) is 4.74 Å². The van der Waals surface area contributed by atoms with Gasteiger partial charge in [0.15, 0.2) is 0 Å². The van der Waals surface area contributed by atoms with Crippen molar-refractivity contribution < 1.29 is 31.9 Å². The summed E-state index contributed by atoms with van der Waals surface area (Å²) in [5.41, 5.74) is -1.39. The van der Waals surface area contributed by atoms with Gasteiger partial charge in [-0.1, -0.05) is 6.07 Å². The average molecular weight is 416 g/mol. The summed E-state index contributed by atoms with van der Waals surface area (Å²) in [6.45, 7) is 2.87. The zero-order valence-electron chi connectivity index (χ0n) is 14.7. The Morgan fingerprint density at radius 3 is 2.75 bits per heavy atom. The number of nitrogens with one attached hydrogen (secondary N) is 2. The van der Waals surface area contributed by atoms with E-state index in [1.807, 2.05) is 0 Å². The van der Waals surface area contributed by atoms with E-state index in [2.05, 4.69) is 10.6 Å². The SMILES string of the molecule is CCOC(=O)c1c(NC(=O)c2cccc(C(F)(F)F)c2F)sc2c1CCNC2. The van der Waals surface area contributed by atoms with Crippen LogP contribution in [0.25, 0.3) is 0 Å². The number of benzene rings is 1. The highest BCUT2D eigenvalue weighted by Crippen LogP contribution is 2.37. The summed E-state index contributed by atoms with van der Waals surface area (Å²) < 4.78 is 58.0. The number of alkyl halides is 3. The summed E-state index contributed by atoms with van der Waals surface area (Å²) >= 11 is 1.11. The molecule has 1 aromatic carbocycles. The summed E-state index contributed by atoms with van der Waals surface area (Å²) in [4.78, 5) is 25.7. The highest BCUT2D eigenvalue weighted by atomic mass is 32.1. The topological polar surface area (TPSA) is 67.4 Å². The molecule has 1 aliphatic heterocycles. The Labute approximate surface area is 161 Å². The van der Waals surface area contributed by atoms with Gasteiger partial charge < -0.3 is 15.4 Å². The van der Waals surface area contributed by atoms with Gasteiger partial charge in [0.05, 0.1) is 23.3 Å². The smallest absolute Gasteiger partial charge is 0.419 e. The Morgan fingerprint density at radius 1 is 1.32 bits per heavy atom.